The molecule has 2 aromatic carbocycles. The fraction of sp³-hybridized carbons (Fsp3) is 0.250. The summed E-state index contributed by atoms with van der Waals surface area (Å²) in [5, 5.41) is 12.5. The van der Waals surface area contributed by atoms with E-state index in [0.717, 1.165) is 6.42 Å². The van der Waals surface area contributed by atoms with Crippen LogP contribution in [0.15, 0.2) is 47.6 Å². The second kappa shape index (κ2) is 10.6. The molecule has 0 unspecified atom stereocenters. The van der Waals surface area contributed by atoms with Gasteiger partial charge in [0.1, 0.15) is 5.75 Å². The summed E-state index contributed by atoms with van der Waals surface area (Å²) in [6, 6.07) is 11.5. The lowest BCUT2D eigenvalue weighted by molar-refractivity contribution is -0.139. The summed E-state index contributed by atoms with van der Waals surface area (Å²) in [5.74, 6) is 0.0469. The van der Waals surface area contributed by atoms with E-state index in [9.17, 15) is 9.59 Å². The molecule has 148 valence electrons. The predicted molar refractivity (Wildman–Crippen MR) is 103 cm³/mol. The average Bonchev–Trinajstić information content (AvgIpc) is 2.71. The Balaban J connectivity index is 1.94. The van der Waals surface area contributed by atoms with Crippen LogP contribution in [-0.4, -0.2) is 43.5 Å². The topological polar surface area (TPSA) is 106 Å². The normalized spacial score (nSPS) is 10.5. The number of benzene rings is 2. The Hall–Kier alpha value is -3.55. The first-order valence-electron chi connectivity index (χ1n) is 8.62. The van der Waals surface area contributed by atoms with E-state index in [-0.39, 0.29) is 0 Å². The van der Waals surface area contributed by atoms with E-state index >= 15 is 0 Å². The molecular formula is C20H22N2O6. The van der Waals surface area contributed by atoms with Crippen molar-refractivity contribution in [2.45, 2.75) is 13.3 Å². The first kappa shape index (κ1) is 20.8. The number of aliphatic carboxylic acids is 1. The number of nitrogens with zero attached hydrogens (tertiary/aromatic N) is 1. The Kier molecular flexibility index (Phi) is 7.83. The van der Waals surface area contributed by atoms with E-state index in [2.05, 4.69) is 10.5 Å². The quantitative estimate of drug-likeness (QED) is 0.480. The molecule has 2 N–H and O–H groups in total. The Morgan fingerprint density at radius 3 is 2.50 bits per heavy atom. The summed E-state index contributed by atoms with van der Waals surface area (Å²) in [6.45, 7) is 2.16. The lowest BCUT2D eigenvalue weighted by Crippen LogP contribution is -2.17. The SMILES string of the molecule is CCCOc1ccc(C(=O)N/N=C/c2ccc(OCC(=O)O)cc2)cc1OC. The molecule has 0 radical (unpaired) electrons. The smallest absolute Gasteiger partial charge is 0.341 e. The molecule has 0 spiro atoms. The number of hydrazone groups is 1. The Bertz CT molecular complexity index is 833. The molecule has 0 bridgehead atoms. The first-order chi connectivity index (χ1) is 13.5. The molecule has 28 heavy (non-hydrogen) atoms. The van der Waals surface area contributed by atoms with Crippen LogP contribution in [0.4, 0.5) is 0 Å². The number of nitrogens with one attached hydrogen (secondary N) is 1. The maximum absolute atomic E-state index is 12.2. The zero-order valence-corrected chi connectivity index (χ0v) is 15.7. The number of amides is 1. The number of carbonyl (C=O) groups excluding carboxylic acids is 1. The highest BCUT2D eigenvalue weighted by Gasteiger charge is 2.10. The van der Waals surface area contributed by atoms with Crippen LogP contribution in [0, 0.1) is 0 Å². The van der Waals surface area contributed by atoms with E-state index in [1.165, 1.54) is 13.3 Å². The number of carbonyl (C=O) groups is 2. The zero-order chi connectivity index (χ0) is 20.4. The van der Waals surface area contributed by atoms with Crippen molar-refractivity contribution in [3.8, 4) is 17.2 Å². The molecular weight excluding hydrogens is 364 g/mol. The van der Waals surface area contributed by atoms with E-state index in [4.69, 9.17) is 19.3 Å². The fourth-order valence-corrected chi connectivity index (χ4v) is 2.17. The molecule has 2 rings (SSSR count). The number of hydrogen-bond acceptors (Lipinski definition) is 6. The molecule has 0 aliphatic carbocycles. The number of hydrogen-bond donors (Lipinski definition) is 2. The molecule has 0 saturated heterocycles. The first-order valence-corrected chi connectivity index (χ1v) is 8.62. The van der Waals surface area contributed by atoms with Gasteiger partial charge in [-0.3, -0.25) is 4.79 Å². The molecule has 2 aromatic rings. The zero-order valence-electron chi connectivity index (χ0n) is 15.7. The van der Waals surface area contributed by atoms with E-state index in [0.29, 0.717) is 35.0 Å². The molecule has 1 amide bonds. The maximum Gasteiger partial charge on any atom is 0.341 e. The van der Waals surface area contributed by atoms with Crippen LogP contribution in [0.2, 0.25) is 0 Å². The summed E-state index contributed by atoms with van der Waals surface area (Å²) in [7, 11) is 1.51. The fourth-order valence-electron chi connectivity index (χ4n) is 2.17. The van der Waals surface area contributed by atoms with Gasteiger partial charge >= 0.3 is 5.97 Å². The van der Waals surface area contributed by atoms with E-state index in [1.807, 2.05) is 6.92 Å². The Morgan fingerprint density at radius 2 is 1.86 bits per heavy atom. The van der Waals surface area contributed by atoms with Gasteiger partial charge < -0.3 is 19.3 Å². The lowest BCUT2D eigenvalue weighted by atomic mass is 10.2. The van der Waals surface area contributed by atoms with Gasteiger partial charge in [-0.25, -0.2) is 10.2 Å². The summed E-state index contributed by atoms with van der Waals surface area (Å²) in [6.07, 6.45) is 2.33. The molecule has 0 heterocycles. The van der Waals surface area contributed by atoms with Crippen LogP contribution < -0.4 is 19.6 Å². The number of methoxy groups -OCH3 is 1. The molecule has 0 aliphatic heterocycles. The van der Waals surface area contributed by atoms with Crippen molar-refractivity contribution in [2.75, 3.05) is 20.3 Å². The van der Waals surface area contributed by atoms with Crippen molar-refractivity contribution in [3.63, 3.8) is 0 Å². The van der Waals surface area contributed by atoms with Gasteiger partial charge in [0.05, 0.1) is 19.9 Å². The molecule has 8 nitrogen and oxygen atoms in total. The summed E-state index contributed by atoms with van der Waals surface area (Å²) in [4.78, 5) is 22.7. The van der Waals surface area contributed by atoms with Crippen molar-refractivity contribution in [3.05, 3.63) is 53.6 Å². The minimum absolute atomic E-state index is 0.385. The van der Waals surface area contributed by atoms with Crippen molar-refractivity contribution >= 4 is 18.1 Å². The van der Waals surface area contributed by atoms with E-state index < -0.39 is 18.5 Å². The van der Waals surface area contributed by atoms with Crippen molar-refractivity contribution < 1.29 is 28.9 Å². The third-order valence-corrected chi connectivity index (χ3v) is 3.51. The highest BCUT2D eigenvalue weighted by Crippen LogP contribution is 2.28. The third kappa shape index (κ3) is 6.31. The van der Waals surface area contributed by atoms with Crippen molar-refractivity contribution in [1.82, 2.24) is 5.43 Å². The second-order valence-electron chi connectivity index (χ2n) is 5.66. The van der Waals surface area contributed by atoms with Gasteiger partial charge in [0.25, 0.3) is 5.91 Å². The lowest BCUT2D eigenvalue weighted by Gasteiger charge is -2.11. The molecule has 0 atom stereocenters. The molecule has 0 aliphatic rings. The van der Waals surface area contributed by atoms with Gasteiger partial charge in [-0.1, -0.05) is 6.92 Å². The average molecular weight is 386 g/mol. The number of rotatable bonds is 10. The summed E-state index contributed by atoms with van der Waals surface area (Å²) in [5.41, 5.74) is 3.54. The van der Waals surface area contributed by atoms with Gasteiger partial charge in [-0.05, 0) is 54.4 Å². The summed E-state index contributed by atoms with van der Waals surface area (Å²) < 4.78 is 15.9. The van der Waals surface area contributed by atoms with Crippen LogP contribution in [0.25, 0.3) is 0 Å². The summed E-state index contributed by atoms with van der Waals surface area (Å²) >= 11 is 0. The largest absolute Gasteiger partial charge is 0.493 e. The van der Waals surface area contributed by atoms with Gasteiger partial charge in [0, 0.05) is 5.56 Å². The molecule has 0 fully saturated rings. The predicted octanol–water partition coefficient (Wildman–Crippen LogP) is 2.71. The van der Waals surface area contributed by atoms with Crippen LogP contribution in [0.1, 0.15) is 29.3 Å². The maximum atomic E-state index is 12.2. The van der Waals surface area contributed by atoms with Gasteiger partial charge in [0.15, 0.2) is 18.1 Å². The number of ether oxygens (including phenoxy) is 3. The number of carboxylic acids is 1. The van der Waals surface area contributed by atoms with Gasteiger partial charge in [-0.2, -0.15) is 5.10 Å². The standard InChI is InChI=1S/C20H22N2O6/c1-3-10-27-17-9-6-15(11-18(17)26-2)20(25)22-21-12-14-4-7-16(8-5-14)28-13-19(23)24/h4-9,11-12H,3,10,13H2,1-2H3,(H,22,25)(H,23,24)/b21-12+. The number of carboxylic acid groups (broad SMARTS) is 1. The monoisotopic (exact) mass is 386 g/mol. The highest BCUT2D eigenvalue weighted by atomic mass is 16.5. The Morgan fingerprint density at radius 1 is 1.11 bits per heavy atom. The van der Waals surface area contributed by atoms with Crippen LogP contribution in [-0.2, 0) is 4.79 Å². The molecule has 0 aromatic heterocycles. The van der Waals surface area contributed by atoms with Crippen LogP contribution in [0.3, 0.4) is 0 Å². The van der Waals surface area contributed by atoms with Crippen LogP contribution in [0.5, 0.6) is 17.2 Å². The molecule has 8 heteroatoms. The van der Waals surface area contributed by atoms with Gasteiger partial charge in [0.2, 0.25) is 0 Å². The van der Waals surface area contributed by atoms with Crippen molar-refractivity contribution in [2.24, 2.45) is 5.10 Å². The minimum atomic E-state index is -1.05. The van der Waals surface area contributed by atoms with Crippen LogP contribution >= 0.6 is 0 Å². The minimum Gasteiger partial charge on any atom is -0.493 e. The third-order valence-electron chi connectivity index (χ3n) is 3.51. The molecule has 0 saturated carbocycles. The van der Waals surface area contributed by atoms with E-state index in [1.54, 1.807) is 42.5 Å². The van der Waals surface area contributed by atoms with Crippen molar-refractivity contribution in [1.29, 1.82) is 0 Å². The second-order valence-corrected chi connectivity index (χ2v) is 5.66. The highest BCUT2D eigenvalue weighted by molar-refractivity contribution is 5.95. The van der Waals surface area contributed by atoms with Gasteiger partial charge in [-0.15, -0.1) is 0 Å². The Labute approximate surface area is 162 Å².